The minimum absolute atomic E-state index is 0.0301. The van der Waals surface area contributed by atoms with Gasteiger partial charge in [-0.1, -0.05) is 0 Å². The van der Waals surface area contributed by atoms with Crippen LogP contribution in [0.1, 0.15) is 47.5 Å². The van der Waals surface area contributed by atoms with Crippen LogP contribution < -0.4 is 16.4 Å². The third-order valence-electron chi connectivity index (χ3n) is 4.91. The predicted octanol–water partition coefficient (Wildman–Crippen LogP) is 2.97. The van der Waals surface area contributed by atoms with Crippen LogP contribution in [0.5, 0.6) is 0 Å². The first kappa shape index (κ1) is 21.5. The van der Waals surface area contributed by atoms with Crippen molar-refractivity contribution in [3.05, 3.63) is 36.0 Å². The lowest BCUT2D eigenvalue weighted by molar-refractivity contribution is -0.114. The van der Waals surface area contributed by atoms with Gasteiger partial charge in [0.1, 0.15) is 11.6 Å². The van der Waals surface area contributed by atoms with E-state index in [-0.39, 0.29) is 28.6 Å². The van der Waals surface area contributed by atoms with Gasteiger partial charge >= 0.3 is 0 Å². The standard InChI is InChI=1S/C21H29N5O2/c1-14(27)24-17-6-8-18(9-7-17)25-19(28)15(12-22)13-26-20(2,3)10-16(23)11-21(26,4)5/h6-9,13,16H,10-11,23H2,1-5H3,(H,24,27)(H,25,28)/b15-13-. The zero-order chi connectivity index (χ0) is 21.1. The molecule has 1 saturated heterocycles. The summed E-state index contributed by atoms with van der Waals surface area (Å²) in [6, 6.07) is 8.81. The molecule has 1 heterocycles. The smallest absolute Gasteiger partial charge is 0.267 e. The highest BCUT2D eigenvalue weighted by molar-refractivity contribution is 6.06. The van der Waals surface area contributed by atoms with Gasteiger partial charge in [-0.25, -0.2) is 0 Å². The molecule has 0 bridgehead atoms. The number of carbonyl (C=O) groups excluding carboxylic acids is 2. The van der Waals surface area contributed by atoms with Crippen molar-refractivity contribution >= 4 is 23.2 Å². The highest BCUT2D eigenvalue weighted by Gasteiger charge is 2.43. The molecule has 1 fully saturated rings. The van der Waals surface area contributed by atoms with Crippen molar-refractivity contribution in [2.45, 2.75) is 64.6 Å². The normalized spacial score (nSPS) is 18.9. The van der Waals surface area contributed by atoms with Crippen molar-refractivity contribution in [2.24, 2.45) is 5.73 Å². The van der Waals surface area contributed by atoms with Gasteiger partial charge in [0.25, 0.3) is 5.91 Å². The first-order chi connectivity index (χ1) is 12.9. The Morgan fingerprint density at radius 3 is 2.00 bits per heavy atom. The number of nitrogens with zero attached hydrogens (tertiary/aromatic N) is 2. The fraction of sp³-hybridized carbons (Fsp3) is 0.476. The lowest BCUT2D eigenvalue weighted by atomic mass is 9.77. The van der Waals surface area contributed by atoms with Gasteiger partial charge in [0.05, 0.1) is 0 Å². The van der Waals surface area contributed by atoms with Gasteiger partial charge in [-0.2, -0.15) is 5.26 Å². The molecule has 0 atom stereocenters. The summed E-state index contributed by atoms with van der Waals surface area (Å²) in [6.07, 6.45) is 3.20. The van der Waals surface area contributed by atoms with Crippen LogP contribution in [0.15, 0.2) is 36.0 Å². The summed E-state index contributed by atoms with van der Waals surface area (Å²) in [5.74, 6) is -0.644. The predicted molar refractivity (Wildman–Crippen MR) is 110 cm³/mol. The molecule has 0 aromatic heterocycles. The van der Waals surface area contributed by atoms with Crippen molar-refractivity contribution in [3.63, 3.8) is 0 Å². The van der Waals surface area contributed by atoms with Gasteiger partial charge in [-0.05, 0) is 64.8 Å². The van der Waals surface area contributed by atoms with Crippen molar-refractivity contribution in [2.75, 3.05) is 10.6 Å². The molecular formula is C21H29N5O2. The lowest BCUT2D eigenvalue weighted by Gasteiger charge is -2.54. The molecule has 1 aromatic rings. The average Bonchev–Trinajstić information content (AvgIpc) is 2.54. The Morgan fingerprint density at radius 2 is 1.57 bits per heavy atom. The maximum Gasteiger partial charge on any atom is 0.267 e. The van der Waals surface area contributed by atoms with Crippen LogP contribution in [0, 0.1) is 11.3 Å². The summed E-state index contributed by atoms with van der Waals surface area (Å²) in [5, 5.41) is 15.0. The largest absolute Gasteiger partial charge is 0.366 e. The highest BCUT2D eigenvalue weighted by atomic mass is 16.2. The molecule has 0 radical (unpaired) electrons. The van der Waals surface area contributed by atoms with E-state index in [0.717, 1.165) is 12.8 Å². The van der Waals surface area contributed by atoms with Gasteiger partial charge in [0.2, 0.25) is 5.91 Å². The zero-order valence-electron chi connectivity index (χ0n) is 17.2. The fourth-order valence-electron chi connectivity index (χ4n) is 4.03. The number of nitrogens with two attached hydrogens (primary N) is 1. The molecule has 1 aliphatic heterocycles. The fourth-order valence-corrected chi connectivity index (χ4v) is 4.03. The SMILES string of the molecule is CC(=O)Nc1ccc(NC(=O)/C(C#N)=C\N2C(C)(C)CC(N)CC2(C)C)cc1. The molecule has 7 nitrogen and oxygen atoms in total. The second-order valence-corrected chi connectivity index (χ2v) is 8.53. The van der Waals surface area contributed by atoms with Crippen molar-refractivity contribution < 1.29 is 9.59 Å². The van der Waals surface area contributed by atoms with Gasteiger partial charge in [0, 0.05) is 41.6 Å². The third-order valence-corrected chi connectivity index (χ3v) is 4.91. The van der Waals surface area contributed by atoms with Crippen LogP contribution in [0.3, 0.4) is 0 Å². The van der Waals surface area contributed by atoms with Crippen LogP contribution in [0.4, 0.5) is 11.4 Å². The monoisotopic (exact) mass is 383 g/mol. The topological polar surface area (TPSA) is 111 Å². The number of hydrogen-bond acceptors (Lipinski definition) is 5. The Hall–Kier alpha value is -2.85. The zero-order valence-corrected chi connectivity index (χ0v) is 17.2. The quantitative estimate of drug-likeness (QED) is 0.547. The van der Waals surface area contributed by atoms with E-state index in [9.17, 15) is 14.9 Å². The first-order valence-corrected chi connectivity index (χ1v) is 9.30. The molecule has 0 spiro atoms. The van der Waals surface area contributed by atoms with Crippen LogP contribution in [0.25, 0.3) is 0 Å². The minimum Gasteiger partial charge on any atom is -0.366 e. The number of benzene rings is 1. The van der Waals surface area contributed by atoms with Crippen molar-refractivity contribution in [1.82, 2.24) is 4.90 Å². The second kappa shape index (κ2) is 8.03. The molecule has 28 heavy (non-hydrogen) atoms. The Morgan fingerprint density at radius 1 is 1.11 bits per heavy atom. The Bertz CT molecular complexity index is 800. The molecule has 2 amide bonds. The summed E-state index contributed by atoms with van der Waals surface area (Å²) in [4.78, 5) is 25.8. The van der Waals surface area contributed by atoms with Crippen molar-refractivity contribution in [1.29, 1.82) is 5.26 Å². The Balaban J connectivity index is 2.20. The molecule has 2 rings (SSSR count). The third kappa shape index (κ3) is 5.11. The number of amides is 2. The number of nitriles is 1. The maximum absolute atomic E-state index is 12.6. The van der Waals surface area contributed by atoms with Gasteiger partial charge in [-0.3, -0.25) is 9.59 Å². The molecule has 1 aliphatic rings. The minimum atomic E-state index is -0.476. The van der Waals surface area contributed by atoms with E-state index in [2.05, 4.69) is 43.2 Å². The first-order valence-electron chi connectivity index (χ1n) is 9.30. The van der Waals surface area contributed by atoms with Gasteiger partial charge in [0.15, 0.2) is 0 Å². The van der Waals surface area contributed by atoms with Crippen LogP contribution in [-0.4, -0.2) is 33.8 Å². The Kier molecular flexibility index (Phi) is 6.15. The van der Waals surface area contributed by atoms with E-state index in [0.29, 0.717) is 11.4 Å². The van der Waals surface area contributed by atoms with E-state index in [1.165, 1.54) is 6.92 Å². The lowest BCUT2D eigenvalue weighted by Crippen LogP contribution is -2.61. The van der Waals surface area contributed by atoms with E-state index in [1.807, 2.05) is 6.07 Å². The maximum atomic E-state index is 12.6. The Labute approximate surface area is 166 Å². The van der Waals surface area contributed by atoms with Crippen LogP contribution in [0.2, 0.25) is 0 Å². The van der Waals surface area contributed by atoms with E-state index >= 15 is 0 Å². The van der Waals surface area contributed by atoms with Crippen LogP contribution >= 0.6 is 0 Å². The number of carbonyl (C=O) groups is 2. The molecule has 7 heteroatoms. The van der Waals surface area contributed by atoms with E-state index < -0.39 is 5.91 Å². The second-order valence-electron chi connectivity index (χ2n) is 8.53. The number of piperidine rings is 1. The molecular weight excluding hydrogens is 354 g/mol. The summed E-state index contributed by atoms with van der Waals surface area (Å²) >= 11 is 0. The molecule has 0 unspecified atom stereocenters. The van der Waals surface area contributed by atoms with Crippen molar-refractivity contribution in [3.8, 4) is 6.07 Å². The summed E-state index contributed by atoms with van der Waals surface area (Å²) < 4.78 is 0. The summed E-state index contributed by atoms with van der Waals surface area (Å²) in [6.45, 7) is 9.70. The summed E-state index contributed by atoms with van der Waals surface area (Å²) in [5.41, 5.74) is 6.85. The number of hydrogen-bond donors (Lipinski definition) is 3. The van der Waals surface area contributed by atoms with Crippen LogP contribution in [-0.2, 0) is 9.59 Å². The molecule has 0 aliphatic carbocycles. The van der Waals surface area contributed by atoms with Gasteiger partial charge in [-0.15, -0.1) is 0 Å². The molecule has 1 aromatic carbocycles. The number of nitrogens with one attached hydrogen (secondary N) is 2. The number of anilines is 2. The molecule has 4 N–H and O–H groups in total. The molecule has 150 valence electrons. The molecule has 0 saturated carbocycles. The number of rotatable bonds is 4. The van der Waals surface area contributed by atoms with Gasteiger partial charge < -0.3 is 21.3 Å². The van der Waals surface area contributed by atoms with E-state index in [4.69, 9.17) is 5.73 Å². The highest BCUT2D eigenvalue weighted by Crippen LogP contribution is 2.38. The summed E-state index contributed by atoms with van der Waals surface area (Å²) in [7, 11) is 0. The van der Waals surface area contributed by atoms with E-state index in [1.54, 1.807) is 30.5 Å². The average molecular weight is 383 g/mol. The number of likely N-dealkylation sites (tertiary alicyclic amines) is 1.